The maximum absolute atomic E-state index is 6.49. The van der Waals surface area contributed by atoms with Crippen LogP contribution in [0.15, 0.2) is 34.9 Å². The van der Waals surface area contributed by atoms with Crippen LogP contribution in [0.5, 0.6) is 5.75 Å². The van der Waals surface area contributed by atoms with Crippen molar-refractivity contribution in [3.05, 3.63) is 53.0 Å². The molecule has 18 heavy (non-hydrogen) atoms. The van der Waals surface area contributed by atoms with Gasteiger partial charge in [0.15, 0.2) is 0 Å². The first-order valence-corrected chi connectivity index (χ1v) is 6.62. The number of halogens is 1. The highest BCUT2D eigenvalue weighted by molar-refractivity contribution is 6.22. The first-order valence-electron chi connectivity index (χ1n) is 6.19. The van der Waals surface area contributed by atoms with Gasteiger partial charge in [-0.1, -0.05) is 12.1 Å². The van der Waals surface area contributed by atoms with Crippen molar-refractivity contribution in [3.63, 3.8) is 0 Å². The lowest BCUT2D eigenvalue weighted by Crippen LogP contribution is -2.08. The van der Waals surface area contributed by atoms with Crippen LogP contribution in [0.25, 0.3) is 0 Å². The summed E-state index contributed by atoms with van der Waals surface area (Å²) in [5, 5.41) is -0.158. The number of rotatable bonds is 2. The van der Waals surface area contributed by atoms with Gasteiger partial charge in [0.2, 0.25) is 0 Å². The van der Waals surface area contributed by atoms with Gasteiger partial charge in [0, 0.05) is 5.56 Å². The highest BCUT2D eigenvalue weighted by Gasteiger charge is 2.17. The van der Waals surface area contributed by atoms with E-state index in [-0.39, 0.29) is 5.38 Å². The summed E-state index contributed by atoms with van der Waals surface area (Å²) in [5.41, 5.74) is 3.36. The largest absolute Gasteiger partial charge is 0.493 e. The minimum atomic E-state index is -0.158. The number of hydrogen-bond donors (Lipinski definition) is 0. The van der Waals surface area contributed by atoms with Crippen molar-refractivity contribution in [2.45, 2.75) is 25.1 Å². The van der Waals surface area contributed by atoms with Gasteiger partial charge in [-0.2, -0.15) is 0 Å². The van der Waals surface area contributed by atoms with Gasteiger partial charge in [0.1, 0.15) is 11.5 Å². The Kier molecular flexibility index (Phi) is 3.04. The lowest BCUT2D eigenvalue weighted by molar-refractivity contribution is 0.288. The summed E-state index contributed by atoms with van der Waals surface area (Å²) < 4.78 is 10.9. The number of furan rings is 1. The Morgan fingerprint density at radius 1 is 1.22 bits per heavy atom. The van der Waals surface area contributed by atoms with Crippen LogP contribution in [-0.4, -0.2) is 6.61 Å². The molecule has 3 rings (SSSR count). The summed E-state index contributed by atoms with van der Waals surface area (Å²) in [4.78, 5) is 0. The zero-order chi connectivity index (χ0) is 12.5. The van der Waals surface area contributed by atoms with Crippen LogP contribution >= 0.6 is 11.6 Å². The van der Waals surface area contributed by atoms with Crippen LogP contribution in [0, 0.1) is 6.92 Å². The third kappa shape index (κ3) is 2.13. The van der Waals surface area contributed by atoms with Crippen LogP contribution in [0.4, 0.5) is 0 Å². The summed E-state index contributed by atoms with van der Waals surface area (Å²) in [5.74, 6) is 1.88. The van der Waals surface area contributed by atoms with Gasteiger partial charge in [-0.15, -0.1) is 11.6 Å². The van der Waals surface area contributed by atoms with Crippen LogP contribution in [0.2, 0.25) is 0 Å². The fourth-order valence-corrected chi connectivity index (χ4v) is 2.58. The summed E-state index contributed by atoms with van der Waals surface area (Å²) in [6.45, 7) is 2.74. The predicted octanol–water partition coefficient (Wildman–Crippen LogP) is 4.24. The standard InChI is InChI=1S/C15H15ClO2/c1-10-7-13(9-18-10)15(16)12-4-5-14-11(8-12)3-2-6-17-14/h4-5,7-9,15H,2-3,6H2,1H3. The van der Waals surface area contributed by atoms with Crippen LogP contribution in [0.3, 0.4) is 0 Å². The van der Waals surface area contributed by atoms with Crippen molar-refractivity contribution in [1.82, 2.24) is 0 Å². The highest BCUT2D eigenvalue weighted by Crippen LogP contribution is 2.34. The molecule has 94 valence electrons. The topological polar surface area (TPSA) is 22.4 Å². The molecular formula is C15H15ClO2. The molecule has 1 aromatic carbocycles. The molecule has 0 bridgehead atoms. The average Bonchev–Trinajstić information content (AvgIpc) is 2.84. The maximum atomic E-state index is 6.49. The second-order valence-electron chi connectivity index (χ2n) is 4.67. The van der Waals surface area contributed by atoms with Crippen LogP contribution < -0.4 is 4.74 Å². The van der Waals surface area contributed by atoms with Crippen molar-refractivity contribution in [3.8, 4) is 5.75 Å². The van der Waals surface area contributed by atoms with Gasteiger partial charge in [-0.25, -0.2) is 0 Å². The fourth-order valence-electron chi connectivity index (χ4n) is 2.33. The van der Waals surface area contributed by atoms with Gasteiger partial charge in [-0.05, 0) is 43.0 Å². The Balaban J connectivity index is 1.92. The molecule has 1 atom stereocenters. The molecule has 0 radical (unpaired) electrons. The molecule has 0 saturated heterocycles. The van der Waals surface area contributed by atoms with Crippen molar-refractivity contribution >= 4 is 11.6 Å². The minimum absolute atomic E-state index is 0.158. The molecule has 0 saturated carbocycles. The van der Waals surface area contributed by atoms with E-state index in [4.69, 9.17) is 20.8 Å². The van der Waals surface area contributed by atoms with E-state index < -0.39 is 0 Å². The number of fused-ring (bicyclic) bond motifs is 1. The normalized spacial score (nSPS) is 15.9. The van der Waals surface area contributed by atoms with E-state index >= 15 is 0 Å². The zero-order valence-electron chi connectivity index (χ0n) is 10.3. The molecule has 2 heterocycles. The SMILES string of the molecule is Cc1cc(C(Cl)c2ccc3c(c2)CCCO3)co1. The molecule has 3 heteroatoms. The maximum Gasteiger partial charge on any atom is 0.122 e. The van der Waals surface area contributed by atoms with E-state index in [0.29, 0.717) is 0 Å². The molecule has 1 aromatic heterocycles. The van der Waals surface area contributed by atoms with Crippen LogP contribution in [-0.2, 0) is 6.42 Å². The molecule has 0 spiro atoms. The quantitative estimate of drug-likeness (QED) is 0.756. The van der Waals surface area contributed by atoms with Gasteiger partial charge in [0.05, 0.1) is 18.2 Å². The molecule has 0 aliphatic carbocycles. The molecule has 2 nitrogen and oxygen atoms in total. The van der Waals surface area contributed by atoms with E-state index in [9.17, 15) is 0 Å². The fraction of sp³-hybridized carbons (Fsp3) is 0.333. The van der Waals surface area contributed by atoms with E-state index in [0.717, 1.165) is 42.1 Å². The molecule has 1 aliphatic rings. The number of ether oxygens (including phenoxy) is 1. The van der Waals surface area contributed by atoms with Crippen molar-refractivity contribution < 1.29 is 9.15 Å². The Morgan fingerprint density at radius 3 is 2.89 bits per heavy atom. The Labute approximate surface area is 112 Å². The summed E-state index contributed by atoms with van der Waals surface area (Å²) in [7, 11) is 0. The number of hydrogen-bond acceptors (Lipinski definition) is 2. The second kappa shape index (κ2) is 4.69. The molecular weight excluding hydrogens is 248 g/mol. The number of aryl methyl sites for hydroxylation is 2. The third-order valence-electron chi connectivity index (χ3n) is 3.27. The number of alkyl halides is 1. The highest BCUT2D eigenvalue weighted by atomic mass is 35.5. The molecule has 0 N–H and O–H groups in total. The zero-order valence-corrected chi connectivity index (χ0v) is 11.0. The molecule has 0 amide bonds. The first kappa shape index (κ1) is 11.7. The first-order chi connectivity index (χ1) is 8.74. The molecule has 2 aromatic rings. The number of benzene rings is 1. The Morgan fingerprint density at radius 2 is 2.11 bits per heavy atom. The summed E-state index contributed by atoms with van der Waals surface area (Å²) in [6, 6.07) is 8.18. The van der Waals surface area contributed by atoms with Crippen molar-refractivity contribution in [2.75, 3.05) is 6.61 Å². The second-order valence-corrected chi connectivity index (χ2v) is 5.11. The molecule has 1 aliphatic heterocycles. The average molecular weight is 263 g/mol. The third-order valence-corrected chi connectivity index (χ3v) is 3.77. The smallest absolute Gasteiger partial charge is 0.122 e. The van der Waals surface area contributed by atoms with Gasteiger partial charge in [0.25, 0.3) is 0 Å². The minimum Gasteiger partial charge on any atom is -0.493 e. The van der Waals surface area contributed by atoms with Gasteiger partial charge < -0.3 is 9.15 Å². The van der Waals surface area contributed by atoms with Gasteiger partial charge in [-0.3, -0.25) is 0 Å². The van der Waals surface area contributed by atoms with E-state index in [1.807, 2.05) is 25.1 Å². The van der Waals surface area contributed by atoms with E-state index in [1.54, 1.807) is 6.26 Å². The summed E-state index contributed by atoms with van der Waals surface area (Å²) >= 11 is 6.49. The molecule has 0 fully saturated rings. The van der Waals surface area contributed by atoms with Crippen molar-refractivity contribution in [2.24, 2.45) is 0 Å². The predicted molar refractivity (Wildman–Crippen MR) is 71.4 cm³/mol. The summed E-state index contributed by atoms with van der Waals surface area (Å²) in [6.07, 6.45) is 3.87. The van der Waals surface area contributed by atoms with E-state index in [1.165, 1.54) is 5.56 Å². The monoisotopic (exact) mass is 262 g/mol. The lowest BCUT2D eigenvalue weighted by Gasteiger charge is -2.19. The molecule has 1 unspecified atom stereocenters. The van der Waals surface area contributed by atoms with Gasteiger partial charge >= 0.3 is 0 Å². The lowest BCUT2D eigenvalue weighted by atomic mass is 9.99. The van der Waals surface area contributed by atoms with Crippen LogP contribution in [0.1, 0.15) is 34.2 Å². The Bertz CT molecular complexity index is 559. The van der Waals surface area contributed by atoms with E-state index in [2.05, 4.69) is 6.07 Å². The Hall–Kier alpha value is -1.41. The van der Waals surface area contributed by atoms with Crippen molar-refractivity contribution in [1.29, 1.82) is 0 Å².